The van der Waals surface area contributed by atoms with Crippen molar-refractivity contribution < 1.29 is 23.6 Å². The minimum Gasteiger partial charge on any atom is -0.400 e. The molecule has 0 bridgehead atoms. The standard InChI is InChI=1S/C16H26BNO5/c1-15(2)16(3,4)23-17(22-15)12-5-7-18(8-6-12)14(19)13-11-20-9-10-21-13/h5,13H,6-11H2,1-4H3. The van der Waals surface area contributed by atoms with Gasteiger partial charge in [-0.2, -0.15) is 0 Å². The van der Waals surface area contributed by atoms with Crippen molar-refractivity contribution in [2.75, 3.05) is 32.9 Å². The van der Waals surface area contributed by atoms with Crippen LogP contribution in [0.5, 0.6) is 0 Å². The van der Waals surface area contributed by atoms with Crippen molar-refractivity contribution >= 4 is 13.0 Å². The molecular formula is C16H26BNO5. The summed E-state index contributed by atoms with van der Waals surface area (Å²) in [5, 5.41) is 0. The maximum Gasteiger partial charge on any atom is 0.490 e. The lowest BCUT2D eigenvalue weighted by Crippen LogP contribution is -2.47. The lowest BCUT2D eigenvalue weighted by atomic mass is 9.74. The van der Waals surface area contributed by atoms with E-state index in [2.05, 4.69) is 0 Å². The van der Waals surface area contributed by atoms with Gasteiger partial charge >= 0.3 is 7.12 Å². The van der Waals surface area contributed by atoms with Gasteiger partial charge in [0.2, 0.25) is 0 Å². The van der Waals surface area contributed by atoms with Crippen LogP contribution in [-0.2, 0) is 23.6 Å². The highest BCUT2D eigenvalue weighted by atomic mass is 16.7. The Bertz CT molecular complexity index is 483. The van der Waals surface area contributed by atoms with Gasteiger partial charge in [-0.25, -0.2) is 0 Å². The SMILES string of the molecule is CC1(C)OB(C2=CCN(C(=O)C3COCCO3)CC2)OC1(C)C. The first-order valence-corrected chi connectivity index (χ1v) is 8.33. The number of carbonyl (C=O) groups excluding carboxylic acids is 1. The summed E-state index contributed by atoms with van der Waals surface area (Å²) >= 11 is 0. The van der Waals surface area contributed by atoms with Gasteiger partial charge < -0.3 is 23.7 Å². The highest BCUT2D eigenvalue weighted by molar-refractivity contribution is 6.54. The number of hydrogen-bond donors (Lipinski definition) is 0. The summed E-state index contributed by atoms with van der Waals surface area (Å²) in [4.78, 5) is 14.2. The first-order valence-electron chi connectivity index (χ1n) is 8.33. The van der Waals surface area contributed by atoms with Gasteiger partial charge in [0.15, 0.2) is 6.10 Å². The summed E-state index contributed by atoms with van der Waals surface area (Å²) in [5.41, 5.74) is 0.450. The molecule has 1 amide bonds. The van der Waals surface area contributed by atoms with Crippen LogP contribution >= 0.6 is 0 Å². The van der Waals surface area contributed by atoms with Crippen LogP contribution in [0.25, 0.3) is 0 Å². The molecule has 3 aliphatic heterocycles. The second kappa shape index (κ2) is 6.20. The second-order valence-corrected chi connectivity index (χ2v) is 7.34. The highest BCUT2D eigenvalue weighted by Gasteiger charge is 2.52. The van der Waals surface area contributed by atoms with Crippen molar-refractivity contribution in [3.8, 4) is 0 Å². The van der Waals surface area contributed by atoms with Crippen molar-refractivity contribution in [3.05, 3.63) is 11.5 Å². The fourth-order valence-electron chi connectivity index (χ4n) is 2.93. The van der Waals surface area contributed by atoms with Crippen LogP contribution in [0.3, 0.4) is 0 Å². The number of hydrogen-bond acceptors (Lipinski definition) is 5. The maximum absolute atomic E-state index is 12.4. The smallest absolute Gasteiger partial charge is 0.400 e. The Balaban J connectivity index is 1.59. The van der Waals surface area contributed by atoms with Crippen molar-refractivity contribution in [1.82, 2.24) is 4.90 Å². The first-order chi connectivity index (χ1) is 10.8. The highest BCUT2D eigenvalue weighted by Crippen LogP contribution is 2.39. The fraction of sp³-hybridized carbons (Fsp3) is 0.812. The lowest BCUT2D eigenvalue weighted by Gasteiger charge is -2.32. The summed E-state index contributed by atoms with van der Waals surface area (Å²) in [6.07, 6.45) is 2.35. The number of ether oxygens (including phenoxy) is 2. The van der Waals surface area contributed by atoms with Crippen LogP contribution in [0.15, 0.2) is 11.5 Å². The number of amides is 1. The van der Waals surface area contributed by atoms with Crippen molar-refractivity contribution in [1.29, 1.82) is 0 Å². The molecule has 23 heavy (non-hydrogen) atoms. The molecule has 6 nitrogen and oxygen atoms in total. The molecule has 0 aromatic heterocycles. The molecule has 2 fully saturated rings. The van der Waals surface area contributed by atoms with Gasteiger partial charge in [0.25, 0.3) is 5.91 Å². The summed E-state index contributed by atoms with van der Waals surface area (Å²) in [5.74, 6) is 0.00826. The third-order valence-corrected chi connectivity index (χ3v) is 5.20. The van der Waals surface area contributed by atoms with E-state index in [0.717, 1.165) is 11.9 Å². The number of carbonyl (C=O) groups is 1. The number of rotatable bonds is 2. The third kappa shape index (κ3) is 3.33. The summed E-state index contributed by atoms with van der Waals surface area (Å²) in [6.45, 7) is 10.8. The van der Waals surface area contributed by atoms with Crippen LogP contribution in [-0.4, -0.2) is 68.1 Å². The second-order valence-electron chi connectivity index (χ2n) is 7.34. The van der Waals surface area contributed by atoms with Gasteiger partial charge in [-0.1, -0.05) is 6.08 Å². The van der Waals surface area contributed by atoms with Gasteiger partial charge in [-0.15, -0.1) is 0 Å². The molecular weight excluding hydrogens is 297 g/mol. The zero-order valence-electron chi connectivity index (χ0n) is 14.5. The summed E-state index contributed by atoms with van der Waals surface area (Å²) in [7, 11) is -0.313. The van der Waals surface area contributed by atoms with Crippen LogP contribution < -0.4 is 0 Å². The van der Waals surface area contributed by atoms with Gasteiger partial charge in [-0.05, 0) is 39.6 Å². The average Bonchev–Trinajstić information content (AvgIpc) is 2.76. The predicted octanol–water partition coefficient (Wildman–Crippen LogP) is 1.19. The Morgan fingerprint density at radius 3 is 2.43 bits per heavy atom. The van der Waals surface area contributed by atoms with E-state index < -0.39 is 6.10 Å². The monoisotopic (exact) mass is 323 g/mol. The van der Waals surface area contributed by atoms with E-state index in [4.69, 9.17) is 18.8 Å². The van der Waals surface area contributed by atoms with E-state index in [-0.39, 0.29) is 24.2 Å². The molecule has 0 spiro atoms. The Kier molecular flexibility index (Phi) is 4.57. The quantitative estimate of drug-likeness (QED) is 0.715. The topological polar surface area (TPSA) is 57.2 Å². The van der Waals surface area contributed by atoms with Crippen LogP contribution in [0.4, 0.5) is 0 Å². The van der Waals surface area contributed by atoms with E-state index in [1.54, 1.807) is 0 Å². The van der Waals surface area contributed by atoms with Crippen LogP contribution in [0, 0.1) is 0 Å². The molecule has 7 heteroatoms. The van der Waals surface area contributed by atoms with E-state index >= 15 is 0 Å². The fourth-order valence-corrected chi connectivity index (χ4v) is 2.93. The number of nitrogens with zero attached hydrogens (tertiary/aromatic N) is 1. The van der Waals surface area contributed by atoms with Gasteiger partial charge in [0.1, 0.15) is 0 Å². The molecule has 3 rings (SSSR count). The van der Waals surface area contributed by atoms with E-state index in [1.165, 1.54) is 0 Å². The normalized spacial score (nSPS) is 30.3. The molecule has 128 valence electrons. The van der Waals surface area contributed by atoms with Crippen LogP contribution in [0.2, 0.25) is 0 Å². The molecule has 0 N–H and O–H groups in total. The molecule has 3 aliphatic rings. The molecule has 0 saturated carbocycles. The van der Waals surface area contributed by atoms with E-state index in [0.29, 0.717) is 32.9 Å². The van der Waals surface area contributed by atoms with Gasteiger partial charge in [-0.3, -0.25) is 4.79 Å². The maximum atomic E-state index is 12.4. The first kappa shape index (κ1) is 17.0. The summed E-state index contributed by atoms with van der Waals surface area (Å²) in [6, 6.07) is 0. The van der Waals surface area contributed by atoms with Gasteiger partial charge in [0, 0.05) is 13.1 Å². The minimum absolute atomic E-state index is 0.00826. The predicted molar refractivity (Wildman–Crippen MR) is 85.9 cm³/mol. The summed E-state index contributed by atoms with van der Waals surface area (Å²) < 4.78 is 23.0. The Morgan fingerprint density at radius 1 is 1.22 bits per heavy atom. The Labute approximate surface area is 138 Å². The molecule has 0 aromatic rings. The van der Waals surface area contributed by atoms with Crippen molar-refractivity contribution in [3.63, 3.8) is 0 Å². The molecule has 3 heterocycles. The zero-order valence-corrected chi connectivity index (χ0v) is 14.5. The van der Waals surface area contributed by atoms with Crippen molar-refractivity contribution in [2.24, 2.45) is 0 Å². The average molecular weight is 323 g/mol. The van der Waals surface area contributed by atoms with E-state index in [9.17, 15) is 4.79 Å². The molecule has 1 unspecified atom stereocenters. The lowest BCUT2D eigenvalue weighted by molar-refractivity contribution is -0.157. The van der Waals surface area contributed by atoms with Gasteiger partial charge in [0.05, 0.1) is 31.0 Å². The van der Waals surface area contributed by atoms with Crippen molar-refractivity contribution in [2.45, 2.75) is 51.4 Å². The minimum atomic E-state index is -0.462. The van der Waals surface area contributed by atoms with Crippen LogP contribution in [0.1, 0.15) is 34.1 Å². The zero-order chi connectivity index (χ0) is 16.7. The third-order valence-electron chi connectivity index (χ3n) is 5.20. The molecule has 0 aliphatic carbocycles. The molecule has 1 atom stereocenters. The molecule has 2 saturated heterocycles. The van der Waals surface area contributed by atoms with E-state index in [1.807, 2.05) is 38.7 Å². The largest absolute Gasteiger partial charge is 0.490 e. The molecule has 0 aromatic carbocycles. The Hall–Kier alpha value is -0.885. The Morgan fingerprint density at radius 2 is 1.91 bits per heavy atom. The molecule has 0 radical (unpaired) electrons.